The first kappa shape index (κ1) is 17.0. The Balaban J connectivity index is 1.81. The molecule has 0 aliphatic carbocycles. The van der Waals surface area contributed by atoms with Crippen LogP contribution in [0.15, 0.2) is 66.7 Å². The fraction of sp³-hybridized carbons (Fsp3) is 0.105. The Labute approximate surface area is 146 Å². The largest absolute Gasteiger partial charge is 0.348 e. The van der Waals surface area contributed by atoms with E-state index in [-0.39, 0.29) is 12.5 Å². The molecule has 3 aromatic carbocycles. The number of para-hydroxylation sites is 1. The zero-order valence-corrected chi connectivity index (χ0v) is 14.5. The van der Waals surface area contributed by atoms with Gasteiger partial charge in [0.1, 0.15) is 0 Å². The van der Waals surface area contributed by atoms with Gasteiger partial charge in [-0.05, 0) is 28.5 Å². The summed E-state index contributed by atoms with van der Waals surface area (Å²) in [6.07, 6.45) is 1.10. The molecule has 3 aromatic rings. The van der Waals surface area contributed by atoms with Crippen LogP contribution >= 0.6 is 0 Å². The Morgan fingerprint density at radius 3 is 2.40 bits per heavy atom. The molecular formula is C19H18N2O3S. The molecule has 0 atom stereocenters. The van der Waals surface area contributed by atoms with Crippen LogP contribution in [0.1, 0.15) is 15.9 Å². The van der Waals surface area contributed by atoms with Gasteiger partial charge < -0.3 is 5.32 Å². The standard InChI is InChI=1S/C19H18N2O3S/c1-25(23,24)21-18-12-5-3-8-15(18)13-20-19(22)17-11-6-9-14-7-2-4-10-16(14)17/h2-12,21H,13H2,1H3,(H,20,22). The molecule has 25 heavy (non-hydrogen) atoms. The van der Waals surface area contributed by atoms with E-state index in [1.165, 1.54) is 0 Å². The third-order valence-corrected chi connectivity index (χ3v) is 4.38. The predicted octanol–water partition coefficient (Wildman–Crippen LogP) is 3.14. The van der Waals surface area contributed by atoms with Crippen LogP contribution in [0.25, 0.3) is 10.8 Å². The van der Waals surface area contributed by atoms with Crippen molar-refractivity contribution in [3.8, 4) is 0 Å². The lowest BCUT2D eigenvalue weighted by Crippen LogP contribution is -2.24. The van der Waals surface area contributed by atoms with Crippen molar-refractivity contribution in [3.05, 3.63) is 77.9 Å². The molecule has 5 nitrogen and oxygen atoms in total. The molecule has 0 saturated carbocycles. The summed E-state index contributed by atoms with van der Waals surface area (Å²) >= 11 is 0. The van der Waals surface area contributed by atoms with Crippen molar-refractivity contribution in [2.24, 2.45) is 0 Å². The molecule has 1 amide bonds. The van der Waals surface area contributed by atoms with E-state index in [1.54, 1.807) is 30.3 Å². The van der Waals surface area contributed by atoms with Crippen molar-refractivity contribution in [1.29, 1.82) is 0 Å². The lowest BCUT2D eigenvalue weighted by Gasteiger charge is -2.12. The van der Waals surface area contributed by atoms with Crippen LogP contribution in [-0.2, 0) is 16.6 Å². The number of rotatable bonds is 5. The third-order valence-electron chi connectivity index (χ3n) is 3.79. The van der Waals surface area contributed by atoms with Gasteiger partial charge in [0, 0.05) is 12.1 Å². The minimum absolute atomic E-state index is 0.203. The maximum absolute atomic E-state index is 12.6. The maximum Gasteiger partial charge on any atom is 0.252 e. The number of amides is 1. The lowest BCUT2D eigenvalue weighted by atomic mass is 10.0. The number of nitrogens with one attached hydrogen (secondary N) is 2. The fourth-order valence-corrected chi connectivity index (χ4v) is 3.27. The van der Waals surface area contributed by atoms with E-state index in [2.05, 4.69) is 10.0 Å². The van der Waals surface area contributed by atoms with E-state index in [4.69, 9.17) is 0 Å². The Bertz CT molecular complexity index is 1020. The zero-order chi connectivity index (χ0) is 17.9. The Morgan fingerprint density at radius 1 is 0.920 bits per heavy atom. The summed E-state index contributed by atoms with van der Waals surface area (Å²) in [5, 5.41) is 4.73. The summed E-state index contributed by atoms with van der Waals surface area (Å²) in [6.45, 7) is 0.223. The first-order valence-corrected chi connectivity index (χ1v) is 9.65. The molecule has 0 unspecified atom stereocenters. The Hall–Kier alpha value is -2.86. The molecule has 6 heteroatoms. The summed E-state index contributed by atoms with van der Waals surface area (Å²) in [6, 6.07) is 20.2. The summed E-state index contributed by atoms with van der Waals surface area (Å²) < 4.78 is 25.4. The average molecular weight is 354 g/mol. The van der Waals surface area contributed by atoms with Gasteiger partial charge >= 0.3 is 0 Å². The molecule has 3 rings (SSSR count). The van der Waals surface area contributed by atoms with Gasteiger partial charge in [-0.2, -0.15) is 0 Å². The number of hydrogen-bond donors (Lipinski definition) is 2. The van der Waals surface area contributed by atoms with Crippen molar-refractivity contribution in [3.63, 3.8) is 0 Å². The number of anilines is 1. The molecule has 0 saturated heterocycles. The van der Waals surface area contributed by atoms with Crippen LogP contribution in [0.4, 0.5) is 5.69 Å². The van der Waals surface area contributed by atoms with Crippen LogP contribution in [-0.4, -0.2) is 20.6 Å². The van der Waals surface area contributed by atoms with Crippen LogP contribution in [0, 0.1) is 0 Å². The topological polar surface area (TPSA) is 75.3 Å². The molecular weight excluding hydrogens is 336 g/mol. The number of fused-ring (bicyclic) bond motifs is 1. The van der Waals surface area contributed by atoms with E-state index in [9.17, 15) is 13.2 Å². The fourth-order valence-electron chi connectivity index (χ4n) is 2.67. The average Bonchev–Trinajstić information content (AvgIpc) is 2.59. The Morgan fingerprint density at radius 2 is 1.60 bits per heavy atom. The first-order valence-electron chi connectivity index (χ1n) is 7.76. The molecule has 0 heterocycles. The van der Waals surface area contributed by atoms with E-state index >= 15 is 0 Å². The number of sulfonamides is 1. The number of benzene rings is 3. The number of hydrogen-bond acceptors (Lipinski definition) is 3. The second kappa shape index (κ2) is 6.94. The normalized spacial score (nSPS) is 11.2. The number of carbonyl (C=O) groups excluding carboxylic acids is 1. The van der Waals surface area contributed by atoms with Crippen LogP contribution < -0.4 is 10.0 Å². The SMILES string of the molecule is CS(=O)(=O)Nc1ccccc1CNC(=O)c1cccc2ccccc12. The predicted molar refractivity (Wildman–Crippen MR) is 100 cm³/mol. The number of carbonyl (C=O) groups is 1. The van der Waals surface area contributed by atoms with Crippen LogP contribution in [0.3, 0.4) is 0 Å². The first-order chi connectivity index (χ1) is 11.9. The van der Waals surface area contributed by atoms with Crippen molar-refractivity contribution in [2.75, 3.05) is 11.0 Å². The van der Waals surface area contributed by atoms with Gasteiger partial charge in [0.25, 0.3) is 5.91 Å². The second-order valence-corrected chi connectivity index (χ2v) is 7.49. The minimum atomic E-state index is -3.38. The van der Waals surface area contributed by atoms with Gasteiger partial charge in [0.15, 0.2) is 0 Å². The van der Waals surface area contributed by atoms with E-state index in [0.717, 1.165) is 17.0 Å². The summed E-state index contributed by atoms with van der Waals surface area (Å²) in [5.74, 6) is -0.203. The highest BCUT2D eigenvalue weighted by Crippen LogP contribution is 2.19. The molecule has 0 aliphatic rings. The molecule has 0 fully saturated rings. The smallest absolute Gasteiger partial charge is 0.252 e. The maximum atomic E-state index is 12.6. The van der Waals surface area contributed by atoms with Crippen molar-refractivity contribution >= 4 is 32.4 Å². The van der Waals surface area contributed by atoms with Crippen molar-refractivity contribution in [2.45, 2.75) is 6.54 Å². The van der Waals surface area contributed by atoms with Crippen molar-refractivity contribution < 1.29 is 13.2 Å². The summed E-state index contributed by atoms with van der Waals surface area (Å²) in [7, 11) is -3.38. The molecule has 2 N–H and O–H groups in total. The summed E-state index contributed by atoms with van der Waals surface area (Å²) in [5.41, 5.74) is 1.75. The minimum Gasteiger partial charge on any atom is -0.348 e. The molecule has 0 aromatic heterocycles. The quantitative estimate of drug-likeness (QED) is 0.739. The monoisotopic (exact) mass is 354 g/mol. The highest BCUT2D eigenvalue weighted by atomic mass is 32.2. The van der Waals surface area contributed by atoms with Crippen molar-refractivity contribution in [1.82, 2.24) is 5.32 Å². The highest BCUT2D eigenvalue weighted by Gasteiger charge is 2.11. The van der Waals surface area contributed by atoms with Gasteiger partial charge in [-0.1, -0.05) is 54.6 Å². The van der Waals surface area contributed by atoms with E-state index in [0.29, 0.717) is 16.8 Å². The van der Waals surface area contributed by atoms with Gasteiger partial charge in [0.05, 0.1) is 11.9 Å². The molecule has 0 radical (unpaired) electrons. The van der Waals surface area contributed by atoms with E-state index in [1.807, 2.05) is 36.4 Å². The lowest BCUT2D eigenvalue weighted by molar-refractivity contribution is 0.0952. The molecule has 0 bridgehead atoms. The highest BCUT2D eigenvalue weighted by molar-refractivity contribution is 7.92. The van der Waals surface area contributed by atoms with Gasteiger partial charge in [-0.15, -0.1) is 0 Å². The molecule has 0 spiro atoms. The van der Waals surface area contributed by atoms with Gasteiger partial charge in [-0.3, -0.25) is 9.52 Å². The zero-order valence-electron chi connectivity index (χ0n) is 13.7. The summed E-state index contributed by atoms with van der Waals surface area (Å²) in [4.78, 5) is 12.6. The van der Waals surface area contributed by atoms with Gasteiger partial charge in [0.2, 0.25) is 10.0 Å². The van der Waals surface area contributed by atoms with Crippen LogP contribution in [0.5, 0.6) is 0 Å². The van der Waals surface area contributed by atoms with Crippen LogP contribution in [0.2, 0.25) is 0 Å². The third kappa shape index (κ3) is 4.16. The molecule has 0 aliphatic heterocycles. The molecule has 128 valence electrons. The Kier molecular flexibility index (Phi) is 4.72. The van der Waals surface area contributed by atoms with Gasteiger partial charge in [-0.25, -0.2) is 8.42 Å². The second-order valence-electron chi connectivity index (χ2n) is 5.74. The van der Waals surface area contributed by atoms with E-state index < -0.39 is 10.0 Å².